The van der Waals surface area contributed by atoms with Gasteiger partial charge in [0.2, 0.25) is 5.89 Å². The van der Waals surface area contributed by atoms with Crippen molar-refractivity contribution in [2.75, 3.05) is 13.1 Å². The molecule has 23 heavy (non-hydrogen) atoms. The average molecular weight is 315 g/mol. The van der Waals surface area contributed by atoms with Crippen molar-refractivity contribution in [3.63, 3.8) is 0 Å². The number of benzene rings is 1. The zero-order valence-electron chi connectivity index (χ0n) is 14.3. The van der Waals surface area contributed by atoms with E-state index in [9.17, 15) is 0 Å². The normalized spacial score (nSPS) is 23.1. The summed E-state index contributed by atoms with van der Waals surface area (Å²) in [6.45, 7) is 10.7. The van der Waals surface area contributed by atoms with Crippen molar-refractivity contribution in [2.45, 2.75) is 51.9 Å². The summed E-state index contributed by atoms with van der Waals surface area (Å²) in [4.78, 5) is 6.86. The molecule has 124 valence electrons. The van der Waals surface area contributed by atoms with E-state index in [0.717, 1.165) is 18.9 Å². The Hall–Kier alpha value is -1.72. The van der Waals surface area contributed by atoms with Gasteiger partial charge in [-0.1, -0.05) is 56.3 Å². The van der Waals surface area contributed by atoms with E-state index in [1.807, 2.05) is 6.07 Å². The fourth-order valence-corrected chi connectivity index (χ4v) is 2.83. The van der Waals surface area contributed by atoms with Crippen LogP contribution in [0.5, 0.6) is 0 Å². The molecule has 0 aliphatic carbocycles. The minimum Gasteiger partial charge on any atom is -0.368 e. The topological polar surface area (TPSA) is 51.4 Å². The fraction of sp³-hybridized carbons (Fsp3) is 0.556. The van der Waals surface area contributed by atoms with Crippen LogP contribution < -0.4 is 0 Å². The Morgan fingerprint density at radius 2 is 1.91 bits per heavy atom. The minimum absolute atomic E-state index is 0.0879. The zero-order valence-corrected chi connectivity index (χ0v) is 14.3. The highest BCUT2D eigenvalue weighted by molar-refractivity contribution is 5.18. The van der Waals surface area contributed by atoms with Crippen molar-refractivity contribution in [3.05, 3.63) is 47.6 Å². The Balaban J connectivity index is 1.69. The summed E-state index contributed by atoms with van der Waals surface area (Å²) >= 11 is 0. The van der Waals surface area contributed by atoms with Gasteiger partial charge in [0.1, 0.15) is 0 Å². The van der Waals surface area contributed by atoms with Crippen molar-refractivity contribution in [1.82, 2.24) is 15.0 Å². The molecule has 0 radical (unpaired) electrons. The lowest BCUT2D eigenvalue weighted by Gasteiger charge is -2.36. The lowest BCUT2D eigenvalue weighted by Crippen LogP contribution is -2.42. The van der Waals surface area contributed by atoms with E-state index in [1.54, 1.807) is 0 Å². The van der Waals surface area contributed by atoms with Gasteiger partial charge in [-0.25, -0.2) is 0 Å². The van der Waals surface area contributed by atoms with Crippen LogP contribution in [0.4, 0.5) is 0 Å². The van der Waals surface area contributed by atoms with Gasteiger partial charge in [0.25, 0.3) is 0 Å². The molecule has 1 aromatic heterocycles. The Kier molecular flexibility index (Phi) is 4.50. The van der Waals surface area contributed by atoms with Crippen molar-refractivity contribution in [3.8, 4) is 0 Å². The molecule has 1 fully saturated rings. The highest BCUT2D eigenvalue weighted by Gasteiger charge is 2.28. The average Bonchev–Trinajstić information content (AvgIpc) is 2.96. The van der Waals surface area contributed by atoms with Crippen LogP contribution in [0.3, 0.4) is 0 Å². The van der Waals surface area contributed by atoms with Gasteiger partial charge in [-0.3, -0.25) is 4.90 Å². The third kappa shape index (κ3) is 3.98. The molecule has 0 amide bonds. The third-order valence-electron chi connectivity index (χ3n) is 4.01. The third-order valence-corrected chi connectivity index (χ3v) is 4.01. The van der Waals surface area contributed by atoms with Crippen molar-refractivity contribution in [1.29, 1.82) is 0 Å². The Labute approximate surface area is 137 Å². The van der Waals surface area contributed by atoms with E-state index in [1.165, 1.54) is 5.56 Å². The lowest BCUT2D eigenvalue weighted by atomic mass is 9.96. The van der Waals surface area contributed by atoms with Crippen molar-refractivity contribution < 1.29 is 9.26 Å². The number of hydrogen-bond donors (Lipinski definition) is 0. The summed E-state index contributed by atoms with van der Waals surface area (Å²) in [5.74, 6) is 1.43. The minimum atomic E-state index is -0.0906. The Morgan fingerprint density at radius 1 is 1.17 bits per heavy atom. The van der Waals surface area contributed by atoms with Gasteiger partial charge >= 0.3 is 0 Å². The van der Waals surface area contributed by atoms with Crippen LogP contribution in [0.25, 0.3) is 0 Å². The molecule has 1 aliphatic heterocycles. The summed E-state index contributed by atoms with van der Waals surface area (Å²) in [7, 11) is 0. The Bertz CT molecular complexity index is 633. The molecule has 5 heteroatoms. The van der Waals surface area contributed by atoms with Gasteiger partial charge in [-0.05, 0) is 12.5 Å². The largest absolute Gasteiger partial charge is 0.368 e. The first-order valence-corrected chi connectivity index (χ1v) is 8.17. The molecule has 5 nitrogen and oxygen atoms in total. The lowest BCUT2D eigenvalue weighted by molar-refractivity contribution is -0.0832. The molecular formula is C18H25N3O2. The van der Waals surface area contributed by atoms with E-state index in [2.05, 4.69) is 67.0 Å². The molecule has 0 spiro atoms. The SMILES string of the molecule is C[C@@H]1CN(Cc2nc(C(C)(C)C)no2)C[C@@H](c2ccccc2)O1. The fourth-order valence-electron chi connectivity index (χ4n) is 2.83. The maximum absolute atomic E-state index is 6.09. The van der Waals surface area contributed by atoms with Crippen molar-refractivity contribution >= 4 is 0 Å². The van der Waals surface area contributed by atoms with Gasteiger partial charge in [-0.2, -0.15) is 4.98 Å². The first-order valence-electron chi connectivity index (χ1n) is 8.17. The van der Waals surface area contributed by atoms with E-state index in [0.29, 0.717) is 12.4 Å². The van der Waals surface area contributed by atoms with Gasteiger partial charge in [0.05, 0.1) is 18.8 Å². The second-order valence-corrected chi connectivity index (χ2v) is 7.30. The maximum Gasteiger partial charge on any atom is 0.240 e. The molecule has 1 aromatic carbocycles. The van der Waals surface area contributed by atoms with Crippen LogP contribution >= 0.6 is 0 Å². The first-order chi connectivity index (χ1) is 10.9. The molecule has 0 unspecified atom stereocenters. The summed E-state index contributed by atoms with van der Waals surface area (Å²) in [6, 6.07) is 10.4. The molecule has 0 N–H and O–H groups in total. The molecule has 3 rings (SSSR count). The summed E-state index contributed by atoms with van der Waals surface area (Å²) in [5, 5.41) is 4.11. The molecule has 0 bridgehead atoms. The van der Waals surface area contributed by atoms with E-state index < -0.39 is 0 Å². The van der Waals surface area contributed by atoms with Crippen LogP contribution in [0.1, 0.15) is 51.1 Å². The molecule has 0 saturated carbocycles. The van der Waals surface area contributed by atoms with E-state index >= 15 is 0 Å². The number of aromatic nitrogens is 2. The van der Waals surface area contributed by atoms with Crippen molar-refractivity contribution in [2.24, 2.45) is 0 Å². The zero-order chi connectivity index (χ0) is 16.4. The predicted molar refractivity (Wildman–Crippen MR) is 88.0 cm³/mol. The molecule has 2 aromatic rings. The standard InChI is InChI=1S/C18H25N3O2/c1-13-10-21(11-15(22-13)14-8-6-5-7-9-14)12-16-19-17(20-23-16)18(2,3)4/h5-9,13,15H,10-12H2,1-4H3/t13-,15+/m1/s1. The van der Waals surface area contributed by atoms with Gasteiger partial charge in [-0.15, -0.1) is 0 Å². The number of hydrogen-bond acceptors (Lipinski definition) is 5. The summed E-state index contributed by atoms with van der Waals surface area (Å²) < 4.78 is 11.5. The van der Waals surface area contributed by atoms with Crippen LogP contribution in [-0.2, 0) is 16.7 Å². The van der Waals surface area contributed by atoms with Gasteiger partial charge in [0, 0.05) is 18.5 Å². The second kappa shape index (κ2) is 6.42. The quantitative estimate of drug-likeness (QED) is 0.869. The molecule has 2 heterocycles. The highest BCUT2D eigenvalue weighted by atomic mass is 16.5. The number of nitrogens with zero attached hydrogens (tertiary/aromatic N) is 3. The van der Waals surface area contributed by atoms with Gasteiger partial charge in [0.15, 0.2) is 5.82 Å². The summed E-state index contributed by atoms with van der Waals surface area (Å²) in [6.07, 6.45) is 0.268. The maximum atomic E-state index is 6.09. The highest BCUT2D eigenvalue weighted by Crippen LogP contribution is 2.26. The van der Waals surface area contributed by atoms with Crippen LogP contribution in [-0.4, -0.2) is 34.2 Å². The van der Waals surface area contributed by atoms with E-state index in [-0.39, 0.29) is 17.6 Å². The van der Waals surface area contributed by atoms with Crippen LogP contribution in [0, 0.1) is 0 Å². The second-order valence-electron chi connectivity index (χ2n) is 7.30. The molecular weight excluding hydrogens is 290 g/mol. The molecule has 1 saturated heterocycles. The number of morpholine rings is 1. The Morgan fingerprint density at radius 3 is 2.57 bits per heavy atom. The van der Waals surface area contributed by atoms with Gasteiger partial charge < -0.3 is 9.26 Å². The monoisotopic (exact) mass is 315 g/mol. The molecule has 1 aliphatic rings. The first kappa shape index (κ1) is 16.1. The smallest absolute Gasteiger partial charge is 0.240 e. The number of rotatable bonds is 3. The van der Waals surface area contributed by atoms with Crippen LogP contribution in [0.2, 0.25) is 0 Å². The predicted octanol–water partition coefficient (Wildman–Crippen LogP) is 3.33. The number of ether oxygens (including phenoxy) is 1. The van der Waals surface area contributed by atoms with Crippen LogP contribution in [0.15, 0.2) is 34.9 Å². The summed E-state index contributed by atoms with van der Waals surface area (Å²) in [5.41, 5.74) is 1.12. The molecule has 2 atom stereocenters. The van der Waals surface area contributed by atoms with E-state index in [4.69, 9.17) is 9.26 Å².